The molecular formula is C17H24N4O3. The zero-order chi connectivity index (χ0) is 17.3. The van der Waals surface area contributed by atoms with Crippen molar-refractivity contribution in [2.75, 3.05) is 13.1 Å². The number of hydrogen-bond donors (Lipinski definition) is 0. The van der Waals surface area contributed by atoms with Gasteiger partial charge in [0.15, 0.2) is 0 Å². The molecule has 2 aromatic heterocycles. The van der Waals surface area contributed by atoms with Crippen LogP contribution in [0.25, 0.3) is 0 Å². The van der Waals surface area contributed by atoms with Crippen LogP contribution < -0.4 is 0 Å². The van der Waals surface area contributed by atoms with Crippen molar-refractivity contribution in [3.05, 3.63) is 28.8 Å². The second kappa shape index (κ2) is 6.75. The van der Waals surface area contributed by atoms with Crippen LogP contribution in [0.4, 0.5) is 0 Å². The largest absolute Gasteiger partial charge is 0.425 e. The van der Waals surface area contributed by atoms with Gasteiger partial charge in [0.2, 0.25) is 11.8 Å². The summed E-state index contributed by atoms with van der Waals surface area (Å²) in [7, 11) is 0. The van der Waals surface area contributed by atoms with E-state index < -0.39 is 0 Å². The van der Waals surface area contributed by atoms with Gasteiger partial charge in [-0.3, -0.25) is 4.79 Å². The summed E-state index contributed by atoms with van der Waals surface area (Å²) in [5.74, 6) is 2.79. The molecule has 0 aliphatic carbocycles. The summed E-state index contributed by atoms with van der Waals surface area (Å²) in [4.78, 5) is 14.5. The zero-order valence-corrected chi connectivity index (χ0v) is 14.7. The van der Waals surface area contributed by atoms with Gasteiger partial charge in [0.05, 0.1) is 5.69 Å². The SMILES string of the molecule is Cc1noc(C)c1C(=O)N1CCC(Cc2nnc(CC(C)C)o2)C1. The molecule has 130 valence electrons. The Morgan fingerprint density at radius 2 is 2.04 bits per heavy atom. The lowest BCUT2D eigenvalue weighted by molar-refractivity contribution is 0.0784. The maximum absolute atomic E-state index is 12.6. The number of amides is 1. The molecule has 1 unspecified atom stereocenters. The Hall–Kier alpha value is -2.18. The Bertz CT molecular complexity index is 700. The lowest BCUT2D eigenvalue weighted by Gasteiger charge is -2.15. The second-order valence-electron chi connectivity index (χ2n) is 7.00. The summed E-state index contributed by atoms with van der Waals surface area (Å²) >= 11 is 0. The van der Waals surface area contributed by atoms with E-state index in [1.54, 1.807) is 13.8 Å². The first-order valence-electron chi connectivity index (χ1n) is 8.47. The lowest BCUT2D eigenvalue weighted by Crippen LogP contribution is -2.29. The van der Waals surface area contributed by atoms with Gasteiger partial charge < -0.3 is 13.8 Å². The van der Waals surface area contributed by atoms with Crippen molar-refractivity contribution < 1.29 is 13.7 Å². The fourth-order valence-corrected chi connectivity index (χ4v) is 3.18. The van der Waals surface area contributed by atoms with Gasteiger partial charge in [-0.2, -0.15) is 0 Å². The first kappa shape index (κ1) is 16.7. The Labute approximate surface area is 141 Å². The minimum Gasteiger partial charge on any atom is -0.425 e. The predicted octanol–water partition coefficient (Wildman–Crippen LogP) is 2.58. The average molecular weight is 332 g/mol. The Morgan fingerprint density at radius 1 is 1.29 bits per heavy atom. The van der Waals surface area contributed by atoms with Crippen LogP contribution in [0.5, 0.6) is 0 Å². The van der Waals surface area contributed by atoms with Gasteiger partial charge in [-0.15, -0.1) is 10.2 Å². The average Bonchev–Trinajstić information content (AvgIpc) is 3.21. The zero-order valence-electron chi connectivity index (χ0n) is 14.7. The van der Waals surface area contributed by atoms with Gasteiger partial charge in [0.25, 0.3) is 5.91 Å². The predicted molar refractivity (Wildman–Crippen MR) is 86.5 cm³/mol. The molecule has 0 aromatic carbocycles. The van der Waals surface area contributed by atoms with E-state index in [1.165, 1.54) is 0 Å². The van der Waals surface area contributed by atoms with Crippen LogP contribution in [0.1, 0.15) is 53.9 Å². The number of nitrogens with zero attached hydrogens (tertiary/aromatic N) is 4. The van der Waals surface area contributed by atoms with Crippen molar-refractivity contribution in [1.82, 2.24) is 20.3 Å². The van der Waals surface area contributed by atoms with Crippen molar-refractivity contribution in [2.45, 2.75) is 47.0 Å². The molecule has 0 radical (unpaired) electrons. The van der Waals surface area contributed by atoms with Gasteiger partial charge in [0.1, 0.15) is 11.3 Å². The summed E-state index contributed by atoms with van der Waals surface area (Å²) in [6.45, 7) is 9.25. The first-order valence-corrected chi connectivity index (χ1v) is 8.47. The molecule has 0 N–H and O–H groups in total. The molecular weight excluding hydrogens is 308 g/mol. The molecule has 7 nitrogen and oxygen atoms in total. The van der Waals surface area contributed by atoms with Crippen LogP contribution in [0.3, 0.4) is 0 Å². The van der Waals surface area contributed by atoms with E-state index in [-0.39, 0.29) is 5.91 Å². The number of rotatable bonds is 5. The molecule has 0 saturated carbocycles. The van der Waals surface area contributed by atoms with E-state index in [4.69, 9.17) is 8.94 Å². The highest BCUT2D eigenvalue weighted by atomic mass is 16.5. The van der Waals surface area contributed by atoms with Crippen molar-refractivity contribution in [2.24, 2.45) is 11.8 Å². The van der Waals surface area contributed by atoms with Crippen LogP contribution in [-0.4, -0.2) is 39.3 Å². The van der Waals surface area contributed by atoms with Crippen LogP contribution in [0.2, 0.25) is 0 Å². The Morgan fingerprint density at radius 3 is 2.71 bits per heavy atom. The molecule has 0 spiro atoms. The maximum Gasteiger partial charge on any atom is 0.259 e. The van der Waals surface area contributed by atoms with Crippen molar-refractivity contribution in [1.29, 1.82) is 0 Å². The highest BCUT2D eigenvalue weighted by molar-refractivity contribution is 5.96. The van der Waals surface area contributed by atoms with Crippen molar-refractivity contribution in [3.63, 3.8) is 0 Å². The molecule has 1 aliphatic rings. The molecule has 3 rings (SSSR count). The highest BCUT2D eigenvalue weighted by Gasteiger charge is 2.31. The van der Waals surface area contributed by atoms with Crippen molar-refractivity contribution >= 4 is 5.91 Å². The standard InChI is InChI=1S/C17H24N4O3/c1-10(2)7-14-18-19-15(23-14)8-13-5-6-21(9-13)17(22)16-11(3)20-24-12(16)4/h10,13H,5-9H2,1-4H3. The van der Waals surface area contributed by atoms with Crippen molar-refractivity contribution in [3.8, 4) is 0 Å². The summed E-state index contributed by atoms with van der Waals surface area (Å²) < 4.78 is 10.8. The molecule has 0 bridgehead atoms. The fourth-order valence-electron chi connectivity index (χ4n) is 3.18. The molecule has 2 aromatic rings. The molecule has 1 amide bonds. The third-order valence-corrected chi connectivity index (χ3v) is 4.38. The van der Waals surface area contributed by atoms with Gasteiger partial charge in [0, 0.05) is 25.9 Å². The molecule has 3 heterocycles. The van der Waals surface area contributed by atoms with E-state index in [2.05, 4.69) is 29.2 Å². The summed E-state index contributed by atoms with van der Waals surface area (Å²) in [6, 6.07) is 0. The Kier molecular flexibility index (Phi) is 4.69. The van der Waals surface area contributed by atoms with E-state index in [0.717, 1.165) is 25.8 Å². The van der Waals surface area contributed by atoms with Crippen LogP contribution in [0, 0.1) is 25.7 Å². The molecule has 7 heteroatoms. The number of carbonyl (C=O) groups excluding carboxylic acids is 1. The van der Waals surface area contributed by atoms with E-state index >= 15 is 0 Å². The number of aromatic nitrogens is 3. The van der Waals surface area contributed by atoms with E-state index in [9.17, 15) is 4.79 Å². The van der Waals surface area contributed by atoms with Crippen LogP contribution in [-0.2, 0) is 12.8 Å². The minimum atomic E-state index is -0.000208. The minimum absolute atomic E-state index is 0.000208. The molecule has 24 heavy (non-hydrogen) atoms. The molecule has 1 saturated heterocycles. The third kappa shape index (κ3) is 3.49. The monoisotopic (exact) mass is 332 g/mol. The quantitative estimate of drug-likeness (QED) is 0.836. The van der Waals surface area contributed by atoms with Gasteiger partial charge in [-0.05, 0) is 32.1 Å². The number of likely N-dealkylation sites (tertiary alicyclic amines) is 1. The summed E-state index contributed by atoms with van der Waals surface area (Å²) in [6.07, 6.45) is 2.46. The summed E-state index contributed by atoms with van der Waals surface area (Å²) in [5, 5.41) is 12.1. The summed E-state index contributed by atoms with van der Waals surface area (Å²) in [5.41, 5.74) is 1.24. The number of aryl methyl sites for hydroxylation is 2. The van der Waals surface area contributed by atoms with E-state index in [0.29, 0.717) is 47.2 Å². The van der Waals surface area contributed by atoms with Gasteiger partial charge in [-0.25, -0.2) is 0 Å². The number of hydrogen-bond acceptors (Lipinski definition) is 6. The second-order valence-corrected chi connectivity index (χ2v) is 7.00. The molecule has 1 aliphatic heterocycles. The van der Waals surface area contributed by atoms with Gasteiger partial charge in [-0.1, -0.05) is 19.0 Å². The normalized spacial score (nSPS) is 17.9. The fraction of sp³-hybridized carbons (Fsp3) is 0.647. The first-order chi connectivity index (χ1) is 11.4. The highest BCUT2D eigenvalue weighted by Crippen LogP contribution is 2.24. The maximum atomic E-state index is 12.6. The number of carbonyl (C=O) groups is 1. The molecule has 1 fully saturated rings. The smallest absolute Gasteiger partial charge is 0.259 e. The topological polar surface area (TPSA) is 85.3 Å². The van der Waals surface area contributed by atoms with Crippen LogP contribution in [0.15, 0.2) is 8.94 Å². The molecule has 1 atom stereocenters. The third-order valence-electron chi connectivity index (χ3n) is 4.38. The van der Waals surface area contributed by atoms with Gasteiger partial charge >= 0.3 is 0 Å². The van der Waals surface area contributed by atoms with Crippen LogP contribution >= 0.6 is 0 Å². The van der Waals surface area contributed by atoms with E-state index in [1.807, 2.05) is 4.90 Å². The lowest BCUT2D eigenvalue weighted by atomic mass is 10.1. The Balaban J connectivity index is 1.59.